The van der Waals surface area contributed by atoms with Crippen LogP contribution in [0.25, 0.3) is 0 Å². The van der Waals surface area contributed by atoms with E-state index in [-0.39, 0.29) is 17.8 Å². The number of anilines is 3. The second-order valence-electron chi connectivity index (χ2n) is 6.50. The molecule has 1 heterocycles. The van der Waals surface area contributed by atoms with E-state index in [4.69, 9.17) is 0 Å². The van der Waals surface area contributed by atoms with Gasteiger partial charge in [-0.25, -0.2) is 4.79 Å². The molecule has 0 aliphatic carbocycles. The van der Waals surface area contributed by atoms with Crippen molar-refractivity contribution in [1.82, 2.24) is 5.32 Å². The largest absolute Gasteiger partial charge is 0.334 e. The highest BCUT2D eigenvalue weighted by Crippen LogP contribution is 2.28. The Morgan fingerprint density at radius 2 is 1.83 bits per heavy atom. The first-order valence-corrected chi connectivity index (χ1v) is 9.91. The number of nitrogens with one attached hydrogen (secondary N) is 3. The quantitative estimate of drug-likeness (QED) is 0.456. The number of hydrogen-bond donors (Lipinski definition) is 3. The van der Waals surface area contributed by atoms with Crippen LogP contribution in [0, 0.1) is 5.92 Å². The standard InChI is InChI=1S/C21H21BrN4O3/c1-2-11-23-21(29)25-16-8-6-15(7-9-16)24-19(27)18-10-12-26(20(18)28)17-5-3-4-14(22)13-17/h2-9,13,18H,1,10-12H2,(H,24,27)(H2,23,25,29). The van der Waals surface area contributed by atoms with Gasteiger partial charge in [0.05, 0.1) is 0 Å². The summed E-state index contributed by atoms with van der Waals surface area (Å²) in [6.07, 6.45) is 2.04. The molecule has 0 radical (unpaired) electrons. The molecule has 0 aromatic heterocycles. The zero-order chi connectivity index (χ0) is 20.8. The maximum Gasteiger partial charge on any atom is 0.319 e. The molecule has 8 heteroatoms. The lowest BCUT2D eigenvalue weighted by molar-refractivity contribution is -0.129. The lowest BCUT2D eigenvalue weighted by Crippen LogP contribution is -2.33. The van der Waals surface area contributed by atoms with E-state index >= 15 is 0 Å². The summed E-state index contributed by atoms with van der Waals surface area (Å²) in [4.78, 5) is 38.5. The third-order valence-electron chi connectivity index (χ3n) is 4.46. The van der Waals surface area contributed by atoms with Gasteiger partial charge < -0.3 is 20.9 Å². The van der Waals surface area contributed by atoms with Crippen LogP contribution in [0.5, 0.6) is 0 Å². The van der Waals surface area contributed by atoms with Crippen LogP contribution >= 0.6 is 15.9 Å². The average Bonchev–Trinajstić information content (AvgIpc) is 3.09. The minimum absolute atomic E-state index is 0.210. The van der Waals surface area contributed by atoms with Crippen LogP contribution < -0.4 is 20.9 Å². The highest BCUT2D eigenvalue weighted by Gasteiger charge is 2.37. The van der Waals surface area contributed by atoms with Crippen LogP contribution in [0.4, 0.5) is 21.9 Å². The summed E-state index contributed by atoms with van der Waals surface area (Å²) in [5.41, 5.74) is 1.91. The van der Waals surface area contributed by atoms with Gasteiger partial charge in [-0.15, -0.1) is 6.58 Å². The SMILES string of the molecule is C=CCNC(=O)Nc1ccc(NC(=O)C2CCN(c3cccc(Br)c3)C2=O)cc1. The number of rotatable bonds is 6. The Hall–Kier alpha value is -3.13. The van der Waals surface area contributed by atoms with E-state index in [9.17, 15) is 14.4 Å². The topological polar surface area (TPSA) is 90.5 Å². The van der Waals surface area contributed by atoms with E-state index in [1.54, 1.807) is 35.2 Å². The van der Waals surface area contributed by atoms with Gasteiger partial charge in [-0.1, -0.05) is 28.1 Å². The third-order valence-corrected chi connectivity index (χ3v) is 4.95. The number of nitrogens with zero attached hydrogens (tertiary/aromatic N) is 1. The predicted octanol–water partition coefficient (Wildman–Crippen LogP) is 3.75. The van der Waals surface area contributed by atoms with Crippen molar-refractivity contribution in [3.8, 4) is 0 Å². The highest BCUT2D eigenvalue weighted by atomic mass is 79.9. The van der Waals surface area contributed by atoms with Crippen LogP contribution in [-0.2, 0) is 9.59 Å². The van der Waals surface area contributed by atoms with E-state index in [0.717, 1.165) is 10.2 Å². The Kier molecular flexibility index (Phi) is 6.66. The molecular weight excluding hydrogens is 436 g/mol. The van der Waals surface area contributed by atoms with Gasteiger partial charge in [-0.3, -0.25) is 9.59 Å². The second kappa shape index (κ2) is 9.38. The lowest BCUT2D eigenvalue weighted by atomic mass is 10.1. The van der Waals surface area contributed by atoms with Gasteiger partial charge in [0.25, 0.3) is 0 Å². The molecule has 3 N–H and O–H groups in total. The Morgan fingerprint density at radius 3 is 2.48 bits per heavy atom. The van der Waals surface area contributed by atoms with Gasteiger partial charge in [0.15, 0.2) is 0 Å². The smallest absolute Gasteiger partial charge is 0.319 e. The number of carbonyl (C=O) groups is 3. The van der Waals surface area contributed by atoms with E-state index in [1.807, 2.05) is 24.3 Å². The first-order valence-electron chi connectivity index (χ1n) is 9.11. The molecule has 0 saturated carbocycles. The fourth-order valence-corrected chi connectivity index (χ4v) is 3.42. The number of carbonyl (C=O) groups excluding carboxylic acids is 3. The highest BCUT2D eigenvalue weighted by molar-refractivity contribution is 9.10. The van der Waals surface area contributed by atoms with Crippen molar-refractivity contribution < 1.29 is 14.4 Å². The monoisotopic (exact) mass is 456 g/mol. The minimum Gasteiger partial charge on any atom is -0.334 e. The van der Waals surface area contributed by atoms with Gasteiger partial charge in [0.1, 0.15) is 5.92 Å². The van der Waals surface area contributed by atoms with E-state index < -0.39 is 5.92 Å². The Bertz CT molecular complexity index is 930. The van der Waals surface area contributed by atoms with Gasteiger partial charge in [-0.2, -0.15) is 0 Å². The van der Waals surface area contributed by atoms with Crippen molar-refractivity contribution in [3.63, 3.8) is 0 Å². The third kappa shape index (κ3) is 5.23. The molecule has 3 rings (SSSR count). The Labute approximate surface area is 177 Å². The van der Waals surface area contributed by atoms with Gasteiger partial charge >= 0.3 is 6.03 Å². The fourth-order valence-electron chi connectivity index (χ4n) is 3.03. The summed E-state index contributed by atoms with van der Waals surface area (Å²) >= 11 is 3.40. The molecule has 0 bridgehead atoms. The summed E-state index contributed by atoms with van der Waals surface area (Å²) < 4.78 is 0.877. The molecule has 4 amide bonds. The van der Waals surface area contributed by atoms with Crippen LogP contribution in [0.2, 0.25) is 0 Å². The van der Waals surface area contributed by atoms with Gasteiger partial charge in [0.2, 0.25) is 11.8 Å². The van der Waals surface area contributed by atoms with Crippen molar-refractivity contribution >= 4 is 50.8 Å². The van der Waals surface area contributed by atoms with Gasteiger partial charge in [-0.05, 0) is 48.9 Å². The maximum atomic E-state index is 12.7. The van der Waals surface area contributed by atoms with Crippen molar-refractivity contribution in [2.24, 2.45) is 5.92 Å². The number of benzene rings is 2. The number of hydrogen-bond acceptors (Lipinski definition) is 3. The summed E-state index contributed by atoms with van der Waals surface area (Å²) in [6.45, 7) is 4.39. The molecule has 1 aliphatic heterocycles. The summed E-state index contributed by atoms with van der Waals surface area (Å²) in [5, 5.41) is 8.06. The zero-order valence-corrected chi connectivity index (χ0v) is 17.2. The Balaban J connectivity index is 1.58. The molecule has 1 unspecified atom stereocenters. The number of amides is 4. The van der Waals surface area contributed by atoms with Crippen LogP contribution in [0.15, 0.2) is 65.7 Å². The Morgan fingerprint density at radius 1 is 1.14 bits per heavy atom. The molecule has 150 valence electrons. The molecule has 7 nitrogen and oxygen atoms in total. The molecule has 1 saturated heterocycles. The van der Waals surface area contributed by atoms with E-state index in [0.29, 0.717) is 30.9 Å². The normalized spacial score (nSPS) is 15.7. The summed E-state index contributed by atoms with van der Waals surface area (Å²) in [7, 11) is 0. The van der Waals surface area contributed by atoms with Crippen molar-refractivity contribution in [2.75, 3.05) is 28.6 Å². The summed E-state index contributed by atoms with van der Waals surface area (Å²) in [5.74, 6) is -1.27. The van der Waals surface area contributed by atoms with Crippen molar-refractivity contribution in [3.05, 3.63) is 65.7 Å². The fraction of sp³-hybridized carbons (Fsp3) is 0.190. The first kappa shape index (κ1) is 20.6. The molecule has 0 spiro atoms. The minimum atomic E-state index is -0.725. The van der Waals surface area contributed by atoms with E-state index in [2.05, 4.69) is 38.5 Å². The number of halogens is 1. The van der Waals surface area contributed by atoms with Gasteiger partial charge in [0, 0.05) is 34.6 Å². The second-order valence-corrected chi connectivity index (χ2v) is 7.42. The molecule has 2 aromatic rings. The maximum absolute atomic E-state index is 12.7. The summed E-state index contributed by atoms with van der Waals surface area (Å²) in [6, 6.07) is 13.8. The average molecular weight is 457 g/mol. The lowest BCUT2D eigenvalue weighted by Gasteiger charge is -2.17. The molecule has 1 fully saturated rings. The molecule has 1 aliphatic rings. The molecular formula is C21H21BrN4O3. The molecule has 2 aromatic carbocycles. The molecule has 29 heavy (non-hydrogen) atoms. The predicted molar refractivity (Wildman–Crippen MR) is 117 cm³/mol. The van der Waals surface area contributed by atoms with E-state index in [1.165, 1.54) is 0 Å². The van der Waals surface area contributed by atoms with Crippen molar-refractivity contribution in [1.29, 1.82) is 0 Å². The van der Waals surface area contributed by atoms with Crippen LogP contribution in [0.1, 0.15) is 6.42 Å². The van der Waals surface area contributed by atoms with Crippen LogP contribution in [0.3, 0.4) is 0 Å². The zero-order valence-electron chi connectivity index (χ0n) is 15.7. The number of urea groups is 1. The molecule has 1 atom stereocenters. The van der Waals surface area contributed by atoms with Crippen LogP contribution in [-0.4, -0.2) is 30.9 Å². The van der Waals surface area contributed by atoms with Crippen molar-refractivity contribution in [2.45, 2.75) is 6.42 Å². The first-order chi connectivity index (χ1) is 14.0.